The zero-order chi connectivity index (χ0) is 11.7. The van der Waals surface area contributed by atoms with Crippen molar-refractivity contribution >= 4 is 16.7 Å². The minimum atomic E-state index is -0.0746. The van der Waals surface area contributed by atoms with Crippen molar-refractivity contribution in [3.63, 3.8) is 0 Å². The highest BCUT2D eigenvalue weighted by molar-refractivity contribution is 5.83. The predicted molar refractivity (Wildman–Crippen MR) is 66.9 cm³/mol. The van der Waals surface area contributed by atoms with Crippen molar-refractivity contribution in [1.82, 2.24) is 0 Å². The van der Waals surface area contributed by atoms with E-state index < -0.39 is 0 Å². The number of carbonyl (C=O) groups excluding carboxylic acids is 1. The second-order valence-corrected chi connectivity index (χ2v) is 4.52. The van der Waals surface area contributed by atoms with E-state index in [0.717, 1.165) is 6.42 Å². The van der Waals surface area contributed by atoms with Gasteiger partial charge >= 0.3 is 5.97 Å². The van der Waals surface area contributed by atoms with Crippen molar-refractivity contribution in [2.75, 3.05) is 6.61 Å². The number of hydrogen-bond donors (Lipinski definition) is 0. The highest BCUT2D eigenvalue weighted by atomic mass is 16.5. The largest absolute Gasteiger partial charge is 0.466 e. The van der Waals surface area contributed by atoms with Crippen molar-refractivity contribution in [3.8, 4) is 0 Å². The van der Waals surface area contributed by atoms with Crippen LogP contribution in [0.4, 0.5) is 0 Å². The lowest BCUT2D eigenvalue weighted by molar-refractivity contribution is -0.147. The van der Waals surface area contributed by atoms with E-state index in [-0.39, 0.29) is 5.97 Å². The summed E-state index contributed by atoms with van der Waals surface area (Å²) in [4.78, 5) is 11.3. The molecule has 2 nitrogen and oxygen atoms in total. The van der Waals surface area contributed by atoms with Crippen molar-refractivity contribution in [2.24, 2.45) is 0 Å². The Morgan fingerprint density at radius 1 is 1.06 bits per heavy atom. The summed E-state index contributed by atoms with van der Waals surface area (Å²) in [6.07, 6.45) is 1.45. The molecule has 2 aromatic rings. The molecule has 0 saturated carbocycles. The molecule has 0 N–H and O–H groups in total. The molecule has 1 aliphatic heterocycles. The molecular formula is C15H14O2. The number of ether oxygens (including phenoxy) is 1. The van der Waals surface area contributed by atoms with Gasteiger partial charge in [-0.2, -0.15) is 0 Å². The van der Waals surface area contributed by atoms with E-state index in [9.17, 15) is 4.79 Å². The predicted octanol–water partition coefficient (Wildman–Crippen LogP) is 3.26. The lowest BCUT2D eigenvalue weighted by Crippen LogP contribution is -2.19. The van der Waals surface area contributed by atoms with Crippen LogP contribution in [0, 0.1) is 0 Å². The Morgan fingerprint density at radius 3 is 2.71 bits per heavy atom. The minimum Gasteiger partial charge on any atom is -0.466 e. The molecule has 1 saturated heterocycles. The molecule has 1 aliphatic rings. The first-order valence-corrected chi connectivity index (χ1v) is 5.97. The molecule has 0 radical (unpaired) electrons. The Morgan fingerprint density at radius 2 is 1.88 bits per heavy atom. The van der Waals surface area contributed by atoms with Gasteiger partial charge in [-0.3, -0.25) is 4.79 Å². The molecule has 0 spiro atoms. The molecule has 17 heavy (non-hydrogen) atoms. The molecule has 2 aromatic carbocycles. The molecule has 0 aromatic heterocycles. The van der Waals surface area contributed by atoms with E-state index in [1.54, 1.807) is 0 Å². The van der Waals surface area contributed by atoms with Crippen LogP contribution in [0.3, 0.4) is 0 Å². The maximum atomic E-state index is 11.3. The Bertz CT molecular complexity index is 560. The van der Waals surface area contributed by atoms with Crippen LogP contribution in [-0.4, -0.2) is 12.6 Å². The first-order chi connectivity index (χ1) is 8.33. The summed E-state index contributed by atoms with van der Waals surface area (Å²) in [5.41, 5.74) is 1.25. The standard InChI is InChI=1S/C15H14O2/c16-15-10-14(7-8-17-15)13-6-5-11-3-1-2-4-12(11)9-13/h1-6,9,14H,7-8,10H2/t14-/m0/s1. The monoisotopic (exact) mass is 226 g/mol. The molecule has 0 aliphatic carbocycles. The second-order valence-electron chi connectivity index (χ2n) is 4.52. The lowest BCUT2D eigenvalue weighted by atomic mass is 9.90. The second kappa shape index (κ2) is 4.21. The number of esters is 1. The van der Waals surface area contributed by atoms with Gasteiger partial charge < -0.3 is 4.74 Å². The summed E-state index contributed by atoms with van der Waals surface area (Å²) in [5, 5.41) is 2.48. The van der Waals surface area contributed by atoms with E-state index in [0.29, 0.717) is 18.9 Å². The van der Waals surface area contributed by atoms with E-state index in [2.05, 4.69) is 30.3 Å². The summed E-state index contributed by atoms with van der Waals surface area (Å²) in [6.45, 7) is 0.552. The van der Waals surface area contributed by atoms with Crippen LogP contribution in [0.2, 0.25) is 0 Å². The fourth-order valence-corrected chi connectivity index (χ4v) is 2.42. The summed E-state index contributed by atoms with van der Waals surface area (Å²) >= 11 is 0. The normalized spacial score (nSPS) is 20.2. The minimum absolute atomic E-state index is 0.0746. The summed E-state index contributed by atoms with van der Waals surface area (Å²) < 4.78 is 4.98. The SMILES string of the molecule is O=C1C[C@@H](c2ccc3ccccc3c2)CCO1. The number of carbonyl (C=O) groups is 1. The van der Waals surface area contributed by atoms with E-state index in [1.807, 2.05) is 12.1 Å². The van der Waals surface area contributed by atoms with Crippen LogP contribution >= 0.6 is 0 Å². The van der Waals surface area contributed by atoms with Crippen molar-refractivity contribution < 1.29 is 9.53 Å². The van der Waals surface area contributed by atoms with Gasteiger partial charge in [0.05, 0.1) is 13.0 Å². The maximum absolute atomic E-state index is 11.3. The Balaban J connectivity index is 1.97. The molecule has 2 heteroatoms. The fraction of sp³-hybridized carbons (Fsp3) is 0.267. The number of rotatable bonds is 1. The Labute approximate surface area is 100 Å². The van der Waals surface area contributed by atoms with Gasteiger partial charge in [-0.25, -0.2) is 0 Å². The van der Waals surface area contributed by atoms with Crippen molar-refractivity contribution in [1.29, 1.82) is 0 Å². The van der Waals surface area contributed by atoms with Crippen LogP contribution < -0.4 is 0 Å². The van der Waals surface area contributed by atoms with Gasteiger partial charge in [0, 0.05) is 0 Å². The molecule has 0 amide bonds. The molecular weight excluding hydrogens is 212 g/mol. The van der Waals surface area contributed by atoms with Crippen LogP contribution in [-0.2, 0) is 9.53 Å². The van der Waals surface area contributed by atoms with Crippen LogP contribution in [0.1, 0.15) is 24.3 Å². The smallest absolute Gasteiger partial charge is 0.306 e. The number of hydrogen-bond acceptors (Lipinski definition) is 2. The van der Waals surface area contributed by atoms with Crippen molar-refractivity contribution in [3.05, 3.63) is 48.0 Å². The van der Waals surface area contributed by atoms with Gasteiger partial charge in [0.25, 0.3) is 0 Å². The van der Waals surface area contributed by atoms with E-state index in [4.69, 9.17) is 4.74 Å². The molecule has 1 heterocycles. The van der Waals surface area contributed by atoms with Crippen LogP contribution in [0.15, 0.2) is 42.5 Å². The van der Waals surface area contributed by atoms with Gasteiger partial charge in [0.15, 0.2) is 0 Å². The molecule has 1 atom stereocenters. The Hall–Kier alpha value is -1.83. The first-order valence-electron chi connectivity index (χ1n) is 5.97. The fourth-order valence-electron chi connectivity index (χ4n) is 2.42. The quantitative estimate of drug-likeness (QED) is 0.698. The lowest BCUT2D eigenvalue weighted by Gasteiger charge is -2.21. The highest BCUT2D eigenvalue weighted by Crippen LogP contribution is 2.29. The van der Waals surface area contributed by atoms with Gasteiger partial charge in [0.2, 0.25) is 0 Å². The van der Waals surface area contributed by atoms with Crippen LogP contribution in [0.25, 0.3) is 10.8 Å². The molecule has 86 valence electrons. The number of fused-ring (bicyclic) bond motifs is 1. The summed E-state index contributed by atoms with van der Waals surface area (Å²) in [7, 11) is 0. The van der Waals surface area contributed by atoms with E-state index >= 15 is 0 Å². The average molecular weight is 226 g/mol. The van der Waals surface area contributed by atoms with Crippen molar-refractivity contribution in [2.45, 2.75) is 18.8 Å². The number of cyclic esters (lactones) is 1. The Kier molecular flexibility index (Phi) is 2.56. The summed E-state index contributed by atoms with van der Waals surface area (Å²) in [6, 6.07) is 14.8. The topological polar surface area (TPSA) is 26.3 Å². The molecule has 1 fully saturated rings. The average Bonchev–Trinajstić information content (AvgIpc) is 2.38. The molecule has 0 bridgehead atoms. The third-order valence-electron chi connectivity index (χ3n) is 3.39. The summed E-state index contributed by atoms with van der Waals surface area (Å²) in [5.74, 6) is 0.246. The zero-order valence-corrected chi connectivity index (χ0v) is 9.56. The highest BCUT2D eigenvalue weighted by Gasteiger charge is 2.22. The van der Waals surface area contributed by atoms with Gasteiger partial charge in [0.1, 0.15) is 0 Å². The van der Waals surface area contributed by atoms with Gasteiger partial charge in [-0.1, -0.05) is 42.5 Å². The van der Waals surface area contributed by atoms with E-state index in [1.165, 1.54) is 16.3 Å². The third kappa shape index (κ3) is 2.03. The molecule has 3 rings (SSSR count). The van der Waals surface area contributed by atoms with Gasteiger partial charge in [-0.05, 0) is 28.7 Å². The number of benzene rings is 2. The zero-order valence-electron chi connectivity index (χ0n) is 9.56. The first kappa shape index (κ1) is 10.3. The van der Waals surface area contributed by atoms with Crippen LogP contribution in [0.5, 0.6) is 0 Å². The third-order valence-corrected chi connectivity index (χ3v) is 3.39. The van der Waals surface area contributed by atoms with Gasteiger partial charge in [-0.15, -0.1) is 0 Å². The molecule has 0 unspecified atom stereocenters. The maximum Gasteiger partial charge on any atom is 0.306 e.